The number of carbonyl (C=O) groups excluding carboxylic acids is 1. The van der Waals surface area contributed by atoms with Gasteiger partial charge in [0, 0.05) is 11.4 Å². The van der Waals surface area contributed by atoms with Crippen molar-refractivity contribution in [2.45, 2.75) is 38.8 Å². The Morgan fingerprint density at radius 2 is 2.32 bits per heavy atom. The Bertz CT molecular complexity index is 475. The Kier molecular flexibility index (Phi) is 4.36. The highest BCUT2D eigenvalue weighted by molar-refractivity contribution is 7.09. The fourth-order valence-electron chi connectivity index (χ4n) is 2.31. The molecule has 1 aromatic heterocycles. The summed E-state index contributed by atoms with van der Waals surface area (Å²) in [7, 11) is 0. The molecule has 0 aliphatic heterocycles. The molecule has 1 fully saturated rings. The summed E-state index contributed by atoms with van der Waals surface area (Å²) < 4.78 is 0. The lowest BCUT2D eigenvalue weighted by Gasteiger charge is -2.17. The minimum absolute atomic E-state index is 0.269. The van der Waals surface area contributed by atoms with Gasteiger partial charge < -0.3 is 15.7 Å². The Hall–Kier alpha value is -1.63. The summed E-state index contributed by atoms with van der Waals surface area (Å²) >= 11 is 1.53. The average Bonchev–Trinajstić information content (AvgIpc) is 2.95. The number of carbonyl (C=O) groups is 2. The van der Waals surface area contributed by atoms with Crippen molar-refractivity contribution < 1.29 is 14.7 Å². The molecule has 1 aliphatic rings. The SMILES string of the molecule is Cc1nc(CNC(=O)NC2CCCC2C(=O)O)cs1. The number of nitrogens with zero attached hydrogens (tertiary/aromatic N) is 1. The van der Waals surface area contributed by atoms with E-state index in [9.17, 15) is 9.59 Å². The number of hydrogen-bond acceptors (Lipinski definition) is 4. The Morgan fingerprint density at radius 3 is 2.95 bits per heavy atom. The zero-order chi connectivity index (χ0) is 13.8. The van der Waals surface area contributed by atoms with E-state index in [4.69, 9.17) is 5.11 Å². The van der Waals surface area contributed by atoms with Gasteiger partial charge in [-0.15, -0.1) is 11.3 Å². The molecule has 19 heavy (non-hydrogen) atoms. The summed E-state index contributed by atoms with van der Waals surface area (Å²) in [6.07, 6.45) is 2.19. The molecule has 2 atom stereocenters. The molecule has 0 saturated heterocycles. The molecule has 2 amide bonds. The van der Waals surface area contributed by atoms with Gasteiger partial charge in [0.1, 0.15) is 0 Å². The molecular weight excluding hydrogens is 266 g/mol. The number of rotatable bonds is 4. The van der Waals surface area contributed by atoms with Crippen LogP contribution in [-0.2, 0) is 11.3 Å². The highest BCUT2D eigenvalue weighted by Gasteiger charge is 2.33. The lowest BCUT2D eigenvalue weighted by atomic mass is 10.0. The number of nitrogens with one attached hydrogen (secondary N) is 2. The van der Waals surface area contributed by atoms with Gasteiger partial charge >= 0.3 is 12.0 Å². The first-order valence-electron chi connectivity index (χ1n) is 6.24. The number of urea groups is 1. The number of aliphatic carboxylic acids is 1. The van der Waals surface area contributed by atoms with Gasteiger partial charge in [0.25, 0.3) is 0 Å². The molecule has 1 saturated carbocycles. The number of aryl methyl sites for hydroxylation is 1. The zero-order valence-corrected chi connectivity index (χ0v) is 11.5. The van der Waals surface area contributed by atoms with E-state index in [0.29, 0.717) is 13.0 Å². The molecule has 2 rings (SSSR count). The van der Waals surface area contributed by atoms with Gasteiger partial charge in [0.15, 0.2) is 0 Å². The van der Waals surface area contributed by atoms with Crippen LogP contribution < -0.4 is 10.6 Å². The van der Waals surface area contributed by atoms with E-state index in [1.54, 1.807) is 0 Å². The smallest absolute Gasteiger partial charge is 0.315 e. The van der Waals surface area contributed by atoms with Crippen molar-refractivity contribution in [3.8, 4) is 0 Å². The Balaban J connectivity index is 1.79. The molecule has 3 N–H and O–H groups in total. The molecule has 0 radical (unpaired) electrons. The lowest BCUT2D eigenvalue weighted by molar-refractivity contribution is -0.142. The monoisotopic (exact) mass is 283 g/mol. The molecule has 1 aliphatic carbocycles. The summed E-state index contributed by atoms with van der Waals surface area (Å²) in [5.41, 5.74) is 0.818. The van der Waals surface area contributed by atoms with Crippen LogP contribution in [0, 0.1) is 12.8 Å². The van der Waals surface area contributed by atoms with E-state index in [0.717, 1.165) is 23.5 Å². The third-order valence-corrected chi connectivity index (χ3v) is 4.07. The van der Waals surface area contributed by atoms with Crippen molar-refractivity contribution in [2.24, 2.45) is 5.92 Å². The fraction of sp³-hybridized carbons (Fsp3) is 0.583. The molecule has 7 heteroatoms. The first kappa shape index (κ1) is 13.8. The minimum Gasteiger partial charge on any atom is -0.481 e. The van der Waals surface area contributed by atoms with E-state index in [2.05, 4.69) is 15.6 Å². The number of hydrogen-bond donors (Lipinski definition) is 3. The number of amides is 2. The molecule has 0 bridgehead atoms. The second kappa shape index (κ2) is 6.01. The van der Waals surface area contributed by atoms with Crippen molar-refractivity contribution in [3.63, 3.8) is 0 Å². The van der Waals surface area contributed by atoms with Crippen LogP contribution in [0.2, 0.25) is 0 Å². The molecule has 6 nitrogen and oxygen atoms in total. The average molecular weight is 283 g/mol. The number of carboxylic acids is 1. The van der Waals surface area contributed by atoms with Gasteiger partial charge in [-0.3, -0.25) is 4.79 Å². The van der Waals surface area contributed by atoms with Crippen LogP contribution in [0.5, 0.6) is 0 Å². The second-order valence-electron chi connectivity index (χ2n) is 4.67. The molecule has 104 valence electrons. The maximum absolute atomic E-state index is 11.7. The van der Waals surface area contributed by atoms with Crippen molar-refractivity contribution in [1.29, 1.82) is 0 Å². The van der Waals surface area contributed by atoms with E-state index in [-0.39, 0.29) is 12.1 Å². The summed E-state index contributed by atoms with van der Waals surface area (Å²) in [4.78, 5) is 26.9. The van der Waals surface area contributed by atoms with Crippen LogP contribution >= 0.6 is 11.3 Å². The largest absolute Gasteiger partial charge is 0.481 e. The quantitative estimate of drug-likeness (QED) is 0.781. The van der Waals surface area contributed by atoms with E-state index >= 15 is 0 Å². The maximum Gasteiger partial charge on any atom is 0.315 e. The topological polar surface area (TPSA) is 91.3 Å². The number of thiazole rings is 1. The van der Waals surface area contributed by atoms with Crippen LogP contribution in [-0.4, -0.2) is 28.1 Å². The standard InChI is InChI=1S/C12H17N3O3S/c1-7-14-8(6-19-7)5-13-12(18)15-10-4-2-3-9(10)11(16)17/h6,9-10H,2-5H2,1H3,(H,16,17)(H2,13,15,18). The summed E-state index contributed by atoms with van der Waals surface area (Å²) in [5.74, 6) is -1.30. The Labute approximate surface area is 115 Å². The second-order valence-corrected chi connectivity index (χ2v) is 5.73. The highest BCUT2D eigenvalue weighted by Crippen LogP contribution is 2.25. The number of aromatic nitrogens is 1. The first-order chi connectivity index (χ1) is 9.06. The van der Waals surface area contributed by atoms with Gasteiger partial charge in [-0.25, -0.2) is 9.78 Å². The molecule has 0 aromatic carbocycles. The molecular formula is C12H17N3O3S. The van der Waals surface area contributed by atoms with Crippen LogP contribution in [0.4, 0.5) is 4.79 Å². The molecule has 1 heterocycles. The van der Waals surface area contributed by atoms with Gasteiger partial charge in [-0.2, -0.15) is 0 Å². The van der Waals surface area contributed by atoms with Gasteiger partial charge in [0.2, 0.25) is 0 Å². The molecule has 2 unspecified atom stereocenters. The predicted molar refractivity (Wildman–Crippen MR) is 71.0 cm³/mol. The van der Waals surface area contributed by atoms with Crippen molar-refractivity contribution in [1.82, 2.24) is 15.6 Å². The molecule has 0 spiro atoms. The van der Waals surface area contributed by atoms with Crippen LogP contribution in [0.1, 0.15) is 30.0 Å². The van der Waals surface area contributed by atoms with Crippen molar-refractivity contribution >= 4 is 23.3 Å². The van der Waals surface area contributed by atoms with Crippen molar-refractivity contribution in [3.05, 3.63) is 16.1 Å². The molecule has 1 aromatic rings. The van der Waals surface area contributed by atoms with Crippen LogP contribution in [0.3, 0.4) is 0 Å². The Morgan fingerprint density at radius 1 is 1.53 bits per heavy atom. The van der Waals surface area contributed by atoms with Crippen LogP contribution in [0.15, 0.2) is 5.38 Å². The van der Waals surface area contributed by atoms with Crippen LogP contribution in [0.25, 0.3) is 0 Å². The summed E-state index contributed by atoms with van der Waals surface area (Å²) in [6, 6.07) is -0.599. The van der Waals surface area contributed by atoms with E-state index < -0.39 is 11.9 Å². The highest BCUT2D eigenvalue weighted by atomic mass is 32.1. The van der Waals surface area contributed by atoms with Gasteiger partial charge in [-0.1, -0.05) is 6.42 Å². The third kappa shape index (κ3) is 3.66. The predicted octanol–water partition coefficient (Wildman–Crippen LogP) is 1.50. The van der Waals surface area contributed by atoms with Crippen molar-refractivity contribution in [2.75, 3.05) is 0 Å². The van der Waals surface area contributed by atoms with Gasteiger partial charge in [0.05, 0.1) is 23.2 Å². The van der Waals surface area contributed by atoms with E-state index in [1.165, 1.54) is 11.3 Å². The lowest BCUT2D eigenvalue weighted by Crippen LogP contribution is -2.45. The number of carboxylic acid groups (broad SMARTS) is 1. The first-order valence-corrected chi connectivity index (χ1v) is 7.12. The minimum atomic E-state index is -0.835. The van der Waals surface area contributed by atoms with Gasteiger partial charge in [-0.05, 0) is 19.8 Å². The normalized spacial score (nSPS) is 22.2. The maximum atomic E-state index is 11.7. The fourth-order valence-corrected chi connectivity index (χ4v) is 2.92. The zero-order valence-electron chi connectivity index (χ0n) is 10.7. The summed E-state index contributed by atoms with van der Waals surface area (Å²) in [6.45, 7) is 2.27. The summed E-state index contributed by atoms with van der Waals surface area (Å²) in [5, 5.41) is 17.3. The third-order valence-electron chi connectivity index (χ3n) is 3.25. The van der Waals surface area contributed by atoms with E-state index in [1.807, 2.05) is 12.3 Å².